The van der Waals surface area contributed by atoms with E-state index in [1.165, 1.54) is 87.5 Å². The highest BCUT2D eigenvalue weighted by atomic mass is 35.5. The van der Waals surface area contributed by atoms with Gasteiger partial charge >= 0.3 is 0 Å². The van der Waals surface area contributed by atoms with Crippen molar-refractivity contribution in [1.29, 1.82) is 0 Å². The monoisotopic (exact) mass is 458 g/mol. The smallest absolute Gasteiger partial charge is 0.145 e. The molecule has 0 aromatic heterocycles. The summed E-state index contributed by atoms with van der Waals surface area (Å²) in [6.07, 6.45) is 15.5. The molecule has 0 unspecified atom stereocenters. The van der Waals surface area contributed by atoms with E-state index in [0.29, 0.717) is 17.9 Å². The van der Waals surface area contributed by atoms with E-state index < -0.39 is 16.7 Å². The zero-order valence-electron chi connectivity index (χ0n) is 19.4. The summed E-state index contributed by atoms with van der Waals surface area (Å²) in [5, 5.41) is -0.420. The molecule has 0 radical (unpaired) electrons. The van der Waals surface area contributed by atoms with Crippen LogP contribution in [-0.2, 0) is 12.8 Å². The van der Waals surface area contributed by atoms with Crippen molar-refractivity contribution in [2.75, 3.05) is 0 Å². The van der Waals surface area contributed by atoms with Gasteiger partial charge in [0.2, 0.25) is 0 Å². The van der Waals surface area contributed by atoms with Crippen LogP contribution in [0.3, 0.4) is 0 Å². The first-order chi connectivity index (χ1) is 15.5. The second-order valence-electron chi connectivity index (χ2n) is 10.5. The highest BCUT2D eigenvalue weighted by Crippen LogP contribution is 2.39. The van der Waals surface area contributed by atoms with Crippen LogP contribution >= 0.6 is 11.6 Å². The van der Waals surface area contributed by atoms with E-state index >= 15 is 0 Å². The van der Waals surface area contributed by atoms with Gasteiger partial charge in [-0.05, 0) is 91.0 Å². The molecule has 0 saturated heterocycles. The van der Waals surface area contributed by atoms with Crippen LogP contribution < -0.4 is 0 Å². The Morgan fingerprint density at radius 3 is 1.78 bits per heavy atom. The Labute approximate surface area is 197 Å². The van der Waals surface area contributed by atoms with Crippen LogP contribution in [0.5, 0.6) is 0 Å². The van der Waals surface area contributed by atoms with Crippen molar-refractivity contribution in [2.24, 2.45) is 17.8 Å². The molecule has 2 aromatic rings. The molecule has 4 rings (SSSR count). The third-order valence-electron chi connectivity index (χ3n) is 8.16. The number of aryl methyl sites for hydroxylation is 2. The van der Waals surface area contributed by atoms with Gasteiger partial charge in [0.1, 0.15) is 16.7 Å². The van der Waals surface area contributed by atoms with Gasteiger partial charge in [-0.15, -0.1) is 0 Å². The van der Waals surface area contributed by atoms with E-state index in [1.807, 2.05) is 0 Å². The molecule has 0 aliphatic heterocycles. The maximum absolute atomic E-state index is 13.6. The number of hydrogen-bond acceptors (Lipinski definition) is 0. The van der Waals surface area contributed by atoms with Crippen LogP contribution in [0.2, 0.25) is 5.02 Å². The minimum Gasteiger partial charge on any atom is -0.205 e. The van der Waals surface area contributed by atoms with Crippen molar-refractivity contribution in [2.45, 2.75) is 89.9 Å². The second-order valence-corrected chi connectivity index (χ2v) is 10.9. The molecule has 0 bridgehead atoms. The van der Waals surface area contributed by atoms with Crippen molar-refractivity contribution < 1.29 is 8.78 Å². The van der Waals surface area contributed by atoms with Gasteiger partial charge in [0.25, 0.3) is 0 Å². The van der Waals surface area contributed by atoms with E-state index in [0.717, 1.165) is 24.2 Å². The molecule has 0 heterocycles. The van der Waals surface area contributed by atoms with Gasteiger partial charge in [-0.1, -0.05) is 81.3 Å². The standard InChI is InChI=1S/C29H37ClF2/c1-20-2-4-21(5-3-20)6-7-22-10-14-25(15-11-22)26-16-12-23(13-17-26)8-9-24-18-27(31)29(30)28(32)19-24/h12-13,16-22,25H,2-11,14-15H2,1H3. The minimum atomic E-state index is -0.680. The Balaban J connectivity index is 1.21. The van der Waals surface area contributed by atoms with E-state index in [-0.39, 0.29) is 0 Å². The number of hydrogen-bond donors (Lipinski definition) is 0. The first kappa shape index (κ1) is 23.7. The van der Waals surface area contributed by atoms with Crippen LogP contribution in [0.15, 0.2) is 36.4 Å². The van der Waals surface area contributed by atoms with Gasteiger partial charge in [0.15, 0.2) is 0 Å². The maximum Gasteiger partial charge on any atom is 0.145 e. The van der Waals surface area contributed by atoms with E-state index in [2.05, 4.69) is 31.2 Å². The molecule has 2 saturated carbocycles. The molecule has 2 fully saturated rings. The first-order valence-corrected chi connectivity index (χ1v) is 13.1. The topological polar surface area (TPSA) is 0 Å². The summed E-state index contributed by atoms with van der Waals surface area (Å²) in [4.78, 5) is 0. The van der Waals surface area contributed by atoms with Crippen LogP contribution in [0.4, 0.5) is 8.78 Å². The van der Waals surface area contributed by atoms with Crippen LogP contribution in [0, 0.1) is 29.4 Å². The molecule has 174 valence electrons. The lowest BCUT2D eigenvalue weighted by atomic mass is 9.74. The molecular weight excluding hydrogens is 422 g/mol. The molecule has 0 amide bonds. The summed E-state index contributed by atoms with van der Waals surface area (Å²) in [7, 11) is 0. The number of benzene rings is 2. The zero-order chi connectivity index (χ0) is 22.5. The molecule has 2 aliphatic carbocycles. The van der Waals surface area contributed by atoms with Gasteiger partial charge in [-0.25, -0.2) is 8.78 Å². The predicted molar refractivity (Wildman–Crippen MR) is 130 cm³/mol. The van der Waals surface area contributed by atoms with E-state index in [1.54, 1.807) is 0 Å². The Morgan fingerprint density at radius 1 is 0.719 bits per heavy atom. The Bertz CT molecular complexity index is 836. The van der Waals surface area contributed by atoms with Crippen molar-refractivity contribution in [3.05, 3.63) is 69.7 Å². The third-order valence-corrected chi connectivity index (χ3v) is 8.52. The highest BCUT2D eigenvalue weighted by Gasteiger charge is 2.24. The van der Waals surface area contributed by atoms with E-state index in [9.17, 15) is 8.78 Å². The normalized spacial score (nSPS) is 26.2. The molecule has 0 N–H and O–H groups in total. The third kappa shape index (κ3) is 6.34. The maximum atomic E-state index is 13.6. The lowest BCUT2D eigenvalue weighted by Gasteiger charge is -2.31. The summed E-state index contributed by atoms with van der Waals surface area (Å²) in [5.41, 5.74) is 3.31. The largest absolute Gasteiger partial charge is 0.205 e. The lowest BCUT2D eigenvalue weighted by Crippen LogP contribution is -2.17. The number of rotatable bonds is 7. The summed E-state index contributed by atoms with van der Waals surface area (Å²) in [5.74, 6) is 2.22. The predicted octanol–water partition coefficient (Wildman–Crippen LogP) is 9.28. The van der Waals surface area contributed by atoms with Crippen molar-refractivity contribution >= 4 is 11.6 Å². The fourth-order valence-corrected chi connectivity index (χ4v) is 5.98. The first-order valence-electron chi connectivity index (χ1n) is 12.7. The Hall–Kier alpha value is -1.41. The summed E-state index contributed by atoms with van der Waals surface area (Å²) < 4.78 is 27.3. The minimum absolute atomic E-state index is 0.420. The molecule has 32 heavy (non-hydrogen) atoms. The fraction of sp³-hybridized carbons (Fsp3) is 0.586. The quantitative estimate of drug-likeness (QED) is 0.362. The molecule has 0 spiro atoms. The number of halogens is 3. The average molecular weight is 459 g/mol. The van der Waals surface area contributed by atoms with Crippen LogP contribution in [0.25, 0.3) is 0 Å². The SMILES string of the molecule is CC1CCC(CCC2CCC(c3ccc(CCc4cc(F)c(Cl)c(F)c4)cc3)CC2)CC1. The summed E-state index contributed by atoms with van der Waals surface area (Å²) >= 11 is 5.57. The lowest BCUT2D eigenvalue weighted by molar-refractivity contribution is 0.237. The second kappa shape index (κ2) is 11.1. The van der Waals surface area contributed by atoms with Gasteiger partial charge in [-0.2, -0.15) is 0 Å². The molecule has 0 atom stereocenters. The molecule has 0 nitrogen and oxygen atoms in total. The molecular formula is C29H37ClF2. The van der Waals surface area contributed by atoms with Crippen LogP contribution in [0.1, 0.15) is 93.7 Å². The summed E-state index contributed by atoms with van der Waals surface area (Å²) in [6, 6.07) is 11.6. The molecule has 2 aromatic carbocycles. The van der Waals surface area contributed by atoms with Crippen molar-refractivity contribution in [3.63, 3.8) is 0 Å². The Kier molecular flexibility index (Phi) is 8.27. The van der Waals surface area contributed by atoms with Gasteiger partial charge < -0.3 is 0 Å². The molecule has 2 aliphatic rings. The van der Waals surface area contributed by atoms with Crippen LogP contribution in [-0.4, -0.2) is 0 Å². The van der Waals surface area contributed by atoms with Gasteiger partial charge in [-0.3, -0.25) is 0 Å². The van der Waals surface area contributed by atoms with Crippen molar-refractivity contribution in [1.82, 2.24) is 0 Å². The van der Waals surface area contributed by atoms with Gasteiger partial charge in [0.05, 0.1) is 0 Å². The summed E-state index contributed by atoms with van der Waals surface area (Å²) in [6.45, 7) is 2.41. The van der Waals surface area contributed by atoms with E-state index in [4.69, 9.17) is 11.6 Å². The molecule has 3 heteroatoms. The fourth-order valence-electron chi connectivity index (χ4n) is 5.87. The highest BCUT2D eigenvalue weighted by molar-refractivity contribution is 6.30. The zero-order valence-corrected chi connectivity index (χ0v) is 20.1. The van der Waals surface area contributed by atoms with Crippen molar-refractivity contribution in [3.8, 4) is 0 Å². The Morgan fingerprint density at radius 2 is 1.22 bits per heavy atom. The van der Waals surface area contributed by atoms with Gasteiger partial charge in [0, 0.05) is 0 Å². The average Bonchev–Trinajstić information content (AvgIpc) is 2.81.